The van der Waals surface area contributed by atoms with Crippen LogP contribution in [0.15, 0.2) is 36.4 Å². The molecule has 0 N–H and O–H groups in total. The SMILES string of the molecule is [C-]#[N+]c1ccc(OC[C@@]2(C(C)OC)CCCc3cc(Cl)ccc32)c([N+](=O)[O-])c1. The normalized spacial score (nSPS) is 19.4. The molecule has 28 heavy (non-hydrogen) atoms. The number of benzene rings is 2. The fourth-order valence-electron chi connectivity index (χ4n) is 3.95. The molecule has 6 nitrogen and oxygen atoms in total. The maximum Gasteiger partial charge on any atom is 0.300 e. The van der Waals surface area contributed by atoms with E-state index < -0.39 is 10.3 Å². The van der Waals surface area contributed by atoms with Crippen molar-refractivity contribution in [2.24, 2.45) is 0 Å². The Morgan fingerprint density at radius 3 is 2.82 bits per heavy atom. The van der Waals surface area contributed by atoms with E-state index in [-0.39, 0.29) is 29.8 Å². The zero-order valence-electron chi connectivity index (χ0n) is 15.8. The summed E-state index contributed by atoms with van der Waals surface area (Å²) in [5, 5.41) is 12.1. The van der Waals surface area contributed by atoms with Crippen molar-refractivity contribution in [3.63, 3.8) is 0 Å². The first kappa shape index (κ1) is 20.1. The average Bonchev–Trinajstić information content (AvgIpc) is 2.70. The Morgan fingerprint density at radius 1 is 1.36 bits per heavy atom. The summed E-state index contributed by atoms with van der Waals surface area (Å²) in [7, 11) is 1.66. The molecule has 0 spiro atoms. The first-order chi connectivity index (χ1) is 13.4. The number of methoxy groups -OCH3 is 1. The van der Waals surface area contributed by atoms with Crippen LogP contribution in [0.2, 0.25) is 5.02 Å². The van der Waals surface area contributed by atoms with Crippen molar-refractivity contribution < 1.29 is 14.4 Å². The first-order valence-electron chi connectivity index (χ1n) is 9.01. The number of aryl methyl sites for hydroxylation is 1. The highest BCUT2D eigenvalue weighted by Gasteiger charge is 2.43. The third-order valence-electron chi connectivity index (χ3n) is 5.56. The number of rotatable bonds is 6. The fourth-order valence-corrected chi connectivity index (χ4v) is 4.14. The lowest BCUT2D eigenvalue weighted by atomic mass is 9.67. The van der Waals surface area contributed by atoms with Crippen molar-refractivity contribution in [3.05, 3.63) is 74.1 Å². The number of hydrogen-bond acceptors (Lipinski definition) is 4. The van der Waals surface area contributed by atoms with E-state index in [0.29, 0.717) is 5.02 Å². The molecule has 0 fully saturated rings. The molecule has 0 bridgehead atoms. The zero-order valence-corrected chi connectivity index (χ0v) is 16.5. The van der Waals surface area contributed by atoms with Gasteiger partial charge in [-0.15, -0.1) is 0 Å². The summed E-state index contributed by atoms with van der Waals surface area (Å²) in [6.07, 6.45) is 2.55. The molecule has 0 aromatic heterocycles. The summed E-state index contributed by atoms with van der Waals surface area (Å²) in [6.45, 7) is 9.28. The Labute approximate surface area is 169 Å². The molecule has 1 aliphatic carbocycles. The molecule has 3 rings (SSSR count). The number of nitro groups is 1. The third-order valence-corrected chi connectivity index (χ3v) is 5.79. The Balaban J connectivity index is 1.99. The Hall–Kier alpha value is -2.62. The maximum absolute atomic E-state index is 11.4. The Bertz CT molecular complexity index is 940. The highest BCUT2D eigenvalue weighted by molar-refractivity contribution is 6.30. The highest BCUT2D eigenvalue weighted by Crippen LogP contribution is 2.43. The van der Waals surface area contributed by atoms with Crippen LogP contribution in [0.4, 0.5) is 11.4 Å². The van der Waals surface area contributed by atoms with Crippen molar-refractivity contribution in [2.75, 3.05) is 13.7 Å². The molecule has 0 heterocycles. The van der Waals surface area contributed by atoms with E-state index in [4.69, 9.17) is 27.6 Å². The number of fused-ring (bicyclic) bond motifs is 1. The van der Waals surface area contributed by atoms with Crippen molar-refractivity contribution in [3.8, 4) is 5.75 Å². The van der Waals surface area contributed by atoms with Crippen LogP contribution in [0.1, 0.15) is 30.9 Å². The number of nitro benzene ring substituents is 1. The number of ether oxygens (including phenoxy) is 2. The minimum Gasteiger partial charge on any atom is -0.486 e. The molecule has 7 heteroatoms. The monoisotopic (exact) mass is 400 g/mol. The molecule has 0 radical (unpaired) electrons. The van der Waals surface area contributed by atoms with Gasteiger partial charge in [-0.3, -0.25) is 10.1 Å². The van der Waals surface area contributed by atoms with Gasteiger partial charge in [0.25, 0.3) is 0 Å². The summed E-state index contributed by atoms with van der Waals surface area (Å²) in [5.74, 6) is 0.154. The largest absolute Gasteiger partial charge is 0.486 e. The van der Waals surface area contributed by atoms with Gasteiger partial charge in [-0.25, -0.2) is 4.85 Å². The van der Waals surface area contributed by atoms with Crippen LogP contribution in [0.5, 0.6) is 5.75 Å². The standard InChI is InChI=1S/C21H21ClN2O4/c1-14(27-3)21(10-4-5-15-11-16(22)6-8-18(15)21)13-28-20-9-7-17(23-2)12-19(20)24(25)26/h6-9,11-12,14H,4-5,10,13H2,1,3H3/t14?,21-/m1/s1. The predicted octanol–water partition coefficient (Wildman–Crippen LogP) is 5.49. The number of hydrogen-bond donors (Lipinski definition) is 0. The Morgan fingerprint density at radius 2 is 2.14 bits per heavy atom. The van der Waals surface area contributed by atoms with E-state index >= 15 is 0 Å². The molecule has 1 unspecified atom stereocenters. The summed E-state index contributed by atoms with van der Waals surface area (Å²) >= 11 is 6.18. The van der Waals surface area contributed by atoms with E-state index in [9.17, 15) is 10.1 Å². The molecular weight excluding hydrogens is 380 g/mol. The second-order valence-corrected chi connectivity index (χ2v) is 7.44. The molecule has 0 saturated heterocycles. The molecule has 0 amide bonds. The number of halogens is 1. The lowest BCUT2D eigenvalue weighted by molar-refractivity contribution is -0.385. The van der Waals surface area contributed by atoms with Crippen LogP contribution in [-0.4, -0.2) is 24.7 Å². The van der Waals surface area contributed by atoms with Gasteiger partial charge in [-0.2, -0.15) is 0 Å². The van der Waals surface area contributed by atoms with Crippen molar-refractivity contribution in [1.29, 1.82) is 0 Å². The van der Waals surface area contributed by atoms with Crippen LogP contribution in [0.3, 0.4) is 0 Å². The van der Waals surface area contributed by atoms with E-state index in [1.54, 1.807) is 7.11 Å². The highest BCUT2D eigenvalue weighted by atomic mass is 35.5. The van der Waals surface area contributed by atoms with Gasteiger partial charge in [0.2, 0.25) is 0 Å². The van der Waals surface area contributed by atoms with Crippen LogP contribution < -0.4 is 4.74 Å². The van der Waals surface area contributed by atoms with Gasteiger partial charge in [0, 0.05) is 18.2 Å². The van der Waals surface area contributed by atoms with Gasteiger partial charge in [-0.05, 0) is 55.5 Å². The summed E-state index contributed by atoms with van der Waals surface area (Å²) in [6, 6.07) is 10.1. The van der Waals surface area contributed by atoms with E-state index in [1.165, 1.54) is 18.2 Å². The topological polar surface area (TPSA) is 66.0 Å². The van der Waals surface area contributed by atoms with Gasteiger partial charge < -0.3 is 9.47 Å². The van der Waals surface area contributed by atoms with Crippen LogP contribution in [0, 0.1) is 16.7 Å². The van der Waals surface area contributed by atoms with Crippen LogP contribution in [-0.2, 0) is 16.6 Å². The predicted molar refractivity (Wildman–Crippen MR) is 107 cm³/mol. The van der Waals surface area contributed by atoms with Gasteiger partial charge in [0.15, 0.2) is 11.4 Å². The van der Waals surface area contributed by atoms with Gasteiger partial charge in [0.05, 0.1) is 23.0 Å². The minimum absolute atomic E-state index is 0.154. The lowest BCUT2D eigenvalue weighted by Gasteiger charge is -2.42. The molecule has 2 atom stereocenters. The van der Waals surface area contributed by atoms with Crippen molar-refractivity contribution >= 4 is 23.0 Å². The first-order valence-corrected chi connectivity index (χ1v) is 9.39. The van der Waals surface area contributed by atoms with Crippen LogP contribution >= 0.6 is 11.6 Å². The second kappa shape index (κ2) is 8.17. The van der Waals surface area contributed by atoms with E-state index in [2.05, 4.69) is 4.85 Å². The quantitative estimate of drug-likeness (QED) is 0.365. The van der Waals surface area contributed by atoms with Crippen molar-refractivity contribution in [2.45, 2.75) is 37.7 Å². The molecular formula is C21H21ClN2O4. The Kier molecular flexibility index (Phi) is 5.87. The fraction of sp³-hybridized carbons (Fsp3) is 0.381. The van der Waals surface area contributed by atoms with Gasteiger partial charge >= 0.3 is 5.69 Å². The summed E-state index contributed by atoms with van der Waals surface area (Å²) in [4.78, 5) is 14.2. The lowest BCUT2D eigenvalue weighted by Crippen LogP contribution is -2.46. The maximum atomic E-state index is 11.4. The third kappa shape index (κ3) is 3.68. The van der Waals surface area contributed by atoms with Crippen LogP contribution in [0.25, 0.3) is 4.85 Å². The van der Waals surface area contributed by atoms with Gasteiger partial charge in [-0.1, -0.05) is 23.7 Å². The van der Waals surface area contributed by atoms with Crippen molar-refractivity contribution in [1.82, 2.24) is 0 Å². The molecule has 0 aliphatic heterocycles. The second-order valence-electron chi connectivity index (χ2n) is 7.00. The molecule has 2 aromatic rings. The smallest absolute Gasteiger partial charge is 0.300 e. The molecule has 146 valence electrons. The molecule has 1 aliphatic rings. The van der Waals surface area contributed by atoms with E-state index in [0.717, 1.165) is 30.4 Å². The molecule has 2 aromatic carbocycles. The minimum atomic E-state index is -0.523. The number of nitrogens with zero attached hydrogens (tertiary/aromatic N) is 2. The zero-order chi connectivity index (χ0) is 20.3. The van der Waals surface area contributed by atoms with Gasteiger partial charge in [0.1, 0.15) is 6.61 Å². The summed E-state index contributed by atoms with van der Waals surface area (Å²) in [5.41, 5.74) is 1.82. The molecule has 0 saturated carbocycles. The summed E-state index contributed by atoms with van der Waals surface area (Å²) < 4.78 is 11.7. The van der Waals surface area contributed by atoms with E-state index in [1.807, 2.05) is 25.1 Å². The average molecular weight is 401 g/mol.